The number of anilines is 3. The normalized spacial score (nSPS) is 11.2. The highest BCUT2D eigenvalue weighted by Gasteiger charge is 2.31. The highest BCUT2D eigenvalue weighted by Crippen LogP contribution is 2.44. The van der Waals surface area contributed by atoms with Crippen LogP contribution in [0.4, 0.5) is 16.4 Å². The molecule has 0 radical (unpaired) electrons. The van der Waals surface area contributed by atoms with Gasteiger partial charge in [-0.05, 0) is 42.8 Å². The zero-order valence-electron chi connectivity index (χ0n) is 18.0. The third-order valence-electron chi connectivity index (χ3n) is 5.17. The van der Waals surface area contributed by atoms with Crippen LogP contribution in [0.1, 0.15) is 20.8 Å². The van der Waals surface area contributed by atoms with Gasteiger partial charge in [0.1, 0.15) is 20.5 Å². The molecule has 0 fully saturated rings. The third kappa shape index (κ3) is 4.35. The molecule has 0 saturated heterocycles. The van der Waals surface area contributed by atoms with Gasteiger partial charge in [0, 0.05) is 11.3 Å². The molecule has 0 unspecified atom stereocenters. The Morgan fingerprint density at radius 3 is 2.21 bits per heavy atom. The van der Waals surface area contributed by atoms with E-state index in [0.29, 0.717) is 11.3 Å². The van der Waals surface area contributed by atoms with Crippen molar-refractivity contribution >= 4 is 43.3 Å². The number of nitrogen functional groups attached to an aromatic ring is 1. The summed E-state index contributed by atoms with van der Waals surface area (Å²) in [6.07, 6.45) is 0. The molecule has 1 aromatic heterocycles. The maximum absolute atomic E-state index is 13.7. The van der Waals surface area contributed by atoms with Crippen LogP contribution in [-0.2, 0) is 9.84 Å². The van der Waals surface area contributed by atoms with E-state index in [2.05, 4.69) is 5.32 Å². The van der Waals surface area contributed by atoms with Gasteiger partial charge in [-0.1, -0.05) is 48.5 Å². The minimum absolute atomic E-state index is 0.0549. The molecule has 33 heavy (non-hydrogen) atoms. The van der Waals surface area contributed by atoms with Crippen molar-refractivity contribution in [3.05, 3.63) is 94.9 Å². The van der Waals surface area contributed by atoms with Crippen molar-refractivity contribution in [1.82, 2.24) is 0 Å². The maximum atomic E-state index is 13.7. The van der Waals surface area contributed by atoms with Crippen LogP contribution < -0.4 is 15.8 Å². The van der Waals surface area contributed by atoms with E-state index in [1.54, 1.807) is 42.5 Å². The van der Waals surface area contributed by atoms with Crippen molar-refractivity contribution in [3.8, 4) is 5.75 Å². The second-order valence-electron chi connectivity index (χ2n) is 7.32. The van der Waals surface area contributed by atoms with Gasteiger partial charge in [-0.2, -0.15) is 0 Å². The molecule has 1 heterocycles. The smallest absolute Gasteiger partial charge is 0.211 e. The number of benzene rings is 3. The topological polar surface area (TPSA) is 98.5 Å². The lowest BCUT2D eigenvalue weighted by atomic mass is 10.1. The average Bonchev–Trinajstić information content (AvgIpc) is 3.17. The number of rotatable bonds is 7. The van der Waals surface area contributed by atoms with Crippen molar-refractivity contribution in [2.75, 3.05) is 18.2 Å². The van der Waals surface area contributed by atoms with Gasteiger partial charge >= 0.3 is 0 Å². The number of hydrogen-bond acceptors (Lipinski definition) is 7. The van der Waals surface area contributed by atoms with E-state index < -0.39 is 9.84 Å². The number of sulfone groups is 1. The molecule has 0 amide bonds. The number of nitrogens with one attached hydrogen (secondary N) is 1. The summed E-state index contributed by atoms with van der Waals surface area (Å²) in [5.74, 6) is 0.201. The van der Waals surface area contributed by atoms with Gasteiger partial charge in [-0.15, -0.1) is 11.3 Å². The Morgan fingerprint density at radius 1 is 0.939 bits per heavy atom. The number of aryl methyl sites for hydroxylation is 1. The first-order chi connectivity index (χ1) is 15.8. The van der Waals surface area contributed by atoms with Gasteiger partial charge in [0.25, 0.3) is 0 Å². The lowest BCUT2D eigenvalue weighted by Crippen LogP contribution is -2.08. The van der Waals surface area contributed by atoms with Crippen LogP contribution in [0.3, 0.4) is 0 Å². The number of hydrogen-bond donors (Lipinski definition) is 2. The first kappa shape index (κ1) is 22.6. The predicted octanol–water partition coefficient (Wildman–Crippen LogP) is 5.45. The number of ether oxygens (including phenoxy) is 1. The first-order valence-corrected chi connectivity index (χ1v) is 12.4. The first-order valence-electron chi connectivity index (χ1n) is 10.1. The molecular formula is C25H22N2O4S2. The quantitative estimate of drug-likeness (QED) is 0.343. The Labute approximate surface area is 196 Å². The standard InChI is InChI=1S/C25H22N2O4S2/c1-16-8-6-7-11-20(16)27-25-24(33(29,30)19-14-12-18(31-2)13-15-19)21(26)23(32-25)22(28)17-9-4-3-5-10-17/h3-15,27H,26H2,1-2H3. The number of nitrogens with two attached hydrogens (primary N) is 1. The number of ketones is 1. The predicted molar refractivity (Wildman–Crippen MR) is 132 cm³/mol. The minimum atomic E-state index is -4.04. The van der Waals surface area contributed by atoms with Gasteiger partial charge in [-0.25, -0.2) is 8.42 Å². The van der Waals surface area contributed by atoms with Crippen LogP contribution in [0.2, 0.25) is 0 Å². The summed E-state index contributed by atoms with van der Waals surface area (Å²) in [5, 5.41) is 3.48. The van der Waals surface area contributed by atoms with Gasteiger partial charge in [0.05, 0.1) is 17.7 Å². The van der Waals surface area contributed by atoms with Gasteiger partial charge in [-0.3, -0.25) is 4.79 Å². The van der Waals surface area contributed by atoms with Crippen LogP contribution in [0.25, 0.3) is 0 Å². The Morgan fingerprint density at radius 2 is 1.58 bits per heavy atom. The van der Waals surface area contributed by atoms with Crippen molar-refractivity contribution in [2.45, 2.75) is 16.7 Å². The van der Waals surface area contributed by atoms with E-state index in [-0.39, 0.29) is 31.1 Å². The van der Waals surface area contributed by atoms with E-state index >= 15 is 0 Å². The van der Waals surface area contributed by atoms with E-state index in [4.69, 9.17) is 10.5 Å². The van der Waals surface area contributed by atoms with Crippen LogP contribution in [0, 0.1) is 6.92 Å². The van der Waals surface area contributed by atoms with Crippen LogP contribution in [0.5, 0.6) is 5.75 Å². The molecular weight excluding hydrogens is 456 g/mol. The number of methoxy groups -OCH3 is 1. The summed E-state index contributed by atoms with van der Waals surface area (Å²) in [7, 11) is -2.53. The summed E-state index contributed by atoms with van der Waals surface area (Å²) in [5.41, 5.74) is 8.37. The summed E-state index contributed by atoms with van der Waals surface area (Å²) in [6, 6.07) is 22.2. The zero-order chi connectivity index (χ0) is 23.6. The van der Waals surface area contributed by atoms with Crippen molar-refractivity contribution < 1.29 is 17.9 Å². The Hall–Kier alpha value is -3.62. The van der Waals surface area contributed by atoms with Crippen molar-refractivity contribution in [2.24, 2.45) is 0 Å². The molecule has 6 nitrogen and oxygen atoms in total. The highest BCUT2D eigenvalue weighted by molar-refractivity contribution is 7.92. The number of thiophene rings is 1. The van der Waals surface area contributed by atoms with Gasteiger partial charge in [0.2, 0.25) is 15.6 Å². The molecule has 4 rings (SSSR count). The molecule has 4 aromatic rings. The van der Waals surface area contributed by atoms with E-state index in [1.165, 1.54) is 19.2 Å². The molecule has 3 N–H and O–H groups in total. The average molecular weight is 479 g/mol. The summed E-state index contributed by atoms with van der Waals surface area (Å²) in [6.45, 7) is 1.91. The second kappa shape index (κ2) is 9.09. The molecule has 0 aliphatic carbocycles. The molecule has 0 aliphatic rings. The monoisotopic (exact) mass is 478 g/mol. The summed E-state index contributed by atoms with van der Waals surface area (Å²) in [4.78, 5) is 13.3. The van der Waals surface area contributed by atoms with E-state index in [0.717, 1.165) is 22.6 Å². The highest BCUT2D eigenvalue weighted by atomic mass is 32.2. The minimum Gasteiger partial charge on any atom is -0.497 e. The fourth-order valence-electron chi connectivity index (χ4n) is 3.38. The largest absolute Gasteiger partial charge is 0.497 e. The summed E-state index contributed by atoms with van der Waals surface area (Å²) >= 11 is 1.03. The maximum Gasteiger partial charge on any atom is 0.211 e. The van der Waals surface area contributed by atoms with Crippen molar-refractivity contribution in [1.29, 1.82) is 0 Å². The van der Waals surface area contributed by atoms with Crippen LogP contribution in [-0.4, -0.2) is 21.3 Å². The Bertz CT molecular complexity index is 1410. The second-order valence-corrected chi connectivity index (χ2v) is 10.2. The molecule has 0 atom stereocenters. The Balaban J connectivity index is 1.89. The molecule has 3 aromatic carbocycles. The molecule has 0 saturated carbocycles. The fourth-order valence-corrected chi connectivity index (χ4v) is 6.30. The molecule has 0 bridgehead atoms. The summed E-state index contributed by atoms with van der Waals surface area (Å²) < 4.78 is 32.5. The SMILES string of the molecule is COc1ccc(S(=O)(=O)c2c(Nc3ccccc3C)sc(C(=O)c3ccccc3)c2N)cc1. The number of carbonyl (C=O) groups is 1. The zero-order valence-corrected chi connectivity index (χ0v) is 19.7. The molecule has 8 heteroatoms. The third-order valence-corrected chi connectivity index (χ3v) is 8.28. The van der Waals surface area contributed by atoms with E-state index in [1.807, 2.05) is 31.2 Å². The van der Waals surface area contributed by atoms with Gasteiger partial charge in [0.15, 0.2) is 0 Å². The van der Waals surface area contributed by atoms with Gasteiger partial charge < -0.3 is 15.8 Å². The lowest BCUT2D eigenvalue weighted by molar-refractivity contribution is 0.104. The number of para-hydroxylation sites is 1. The number of carbonyl (C=O) groups excluding carboxylic acids is 1. The van der Waals surface area contributed by atoms with Crippen molar-refractivity contribution in [3.63, 3.8) is 0 Å². The lowest BCUT2D eigenvalue weighted by Gasteiger charge is -2.11. The van der Waals surface area contributed by atoms with Crippen LogP contribution in [0.15, 0.2) is 88.7 Å². The molecule has 168 valence electrons. The Kier molecular flexibility index (Phi) is 6.22. The fraction of sp³-hybridized carbons (Fsp3) is 0.0800. The molecule has 0 spiro atoms. The van der Waals surface area contributed by atoms with E-state index in [9.17, 15) is 13.2 Å². The van der Waals surface area contributed by atoms with Crippen LogP contribution >= 0.6 is 11.3 Å². The molecule has 0 aliphatic heterocycles.